The van der Waals surface area contributed by atoms with Crippen molar-refractivity contribution in [2.24, 2.45) is 0 Å². The average Bonchev–Trinajstić information content (AvgIpc) is 2.46. The molecule has 1 saturated heterocycles. The first kappa shape index (κ1) is 15.4. The van der Waals surface area contributed by atoms with Crippen LogP contribution in [-0.2, 0) is 0 Å². The van der Waals surface area contributed by atoms with Crippen LogP contribution in [0.5, 0.6) is 0 Å². The lowest BCUT2D eigenvalue weighted by molar-refractivity contribution is 0.281. The molecule has 1 fully saturated rings. The Morgan fingerprint density at radius 3 is 2.58 bits per heavy atom. The van der Waals surface area contributed by atoms with Gasteiger partial charge in [0.1, 0.15) is 0 Å². The maximum atomic E-state index is 3.61. The van der Waals surface area contributed by atoms with Gasteiger partial charge >= 0.3 is 0 Å². The van der Waals surface area contributed by atoms with Gasteiger partial charge in [0.25, 0.3) is 0 Å². The molecular weight excluding hydrogens is 320 g/mol. The minimum absolute atomic E-state index is 0.479. The van der Waals surface area contributed by atoms with Crippen molar-refractivity contribution in [3.05, 3.63) is 34.3 Å². The molecule has 0 bridgehead atoms. The van der Waals surface area contributed by atoms with Gasteiger partial charge in [-0.3, -0.25) is 0 Å². The van der Waals surface area contributed by atoms with E-state index >= 15 is 0 Å². The summed E-state index contributed by atoms with van der Waals surface area (Å²) < 4.78 is 1.15. The van der Waals surface area contributed by atoms with E-state index in [9.17, 15) is 0 Å². The predicted octanol–water partition coefficient (Wildman–Crippen LogP) is 3.54. The fraction of sp³-hybridized carbons (Fsp3) is 0.600. The average molecular weight is 343 g/mol. The van der Waals surface area contributed by atoms with Crippen LogP contribution < -0.4 is 5.32 Å². The smallest absolute Gasteiger partial charge is 0.0332 e. The summed E-state index contributed by atoms with van der Waals surface area (Å²) in [4.78, 5) is 2.60. The van der Waals surface area contributed by atoms with E-state index in [4.69, 9.17) is 0 Å². The van der Waals surface area contributed by atoms with Gasteiger partial charge in [-0.1, -0.05) is 35.0 Å². The fourth-order valence-electron chi connectivity index (χ4n) is 2.46. The third-order valence-electron chi connectivity index (χ3n) is 3.56. The minimum atomic E-state index is 0.479. The zero-order valence-corrected chi connectivity index (χ0v) is 14.0. The van der Waals surface area contributed by atoms with Crippen molar-refractivity contribution in [3.63, 3.8) is 0 Å². The molecule has 1 aromatic carbocycles. The molecular formula is C15H23BrN2S. The molecule has 1 aliphatic rings. The predicted molar refractivity (Wildman–Crippen MR) is 88.9 cm³/mol. The largest absolute Gasteiger partial charge is 0.310 e. The molecule has 1 heterocycles. The molecule has 2 rings (SSSR count). The quantitative estimate of drug-likeness (QED) is 0.851. The maximum Gasteiger partial charge on any atom is 0.0332 e. The summed E-state index contributed by atoms with van der Waals surface area (Å²) in [6.07, 6.45) is 1.19. The number of hydrogen-bond acceptors (Lipinski definition) is 3. The Bertz CT molecular complexity index is 363. The number of hydrogen-bond donors (Lipinski definition) is 1. The van der Waals surface area contributed by atoms with E-state index in [-0.39, 0.29) is 0 Å². The lowest BCUT2D eigenvalue weighted by Gasteiger charge is -2.28. The summed E-state index contributed by atoms with van der Waals surface area (Å²) >= 11 is 5.58. The zero-order chi connectivity index (χ0) is 13.5. The lowest BCUT2D eigenvalue weighted by atomic mass is 10.0. The van der Waals surface area contributed by atoms with Crippen molar-refractivity contribution >= 4 is 27.7 Å². The second kappa shape index (κ2) is 8.30. The van der Waals surface area contributed by atoms with Gasteiger partial charge in [-0.25, -0.2) is 0 Å². The number of nitrogens with one attached hydrogen (secondary N) is 1. The summed E-state index contributed by atoms with van der Waals surface area (Å²) in [5.41, 5.74) is 1.40. The van der Waals surface area contributed by atoms with E-state index < -0.39 is 0 Å². The van der Waals surface area contributed by atoms with E-state index in [0.717, 1.165) is 11.0 Å². The first-order chi connectivity index (χ1) is 9.29. The highest BCUT2D eigenvalue weighted by atomic mass is 79.9. The van der Waals surface area contributed by atoms with Crippen molar-refractivity contribution in [3.8, 4) is 0 Å². The van der Waals surface area contributed by atoms with Gasteiger partial charge in [0, 0.05) is 41.7 Å². The lowest BCUT2D eigenvalue weighted by Crippen LogP contribution is -2.35. The molecule has 2 nitrogen and oxygen atoms in total. The number of nitrogens with zero attached hydrogens (tertiary/aromatic N) is 1. The molecule has 1 aromatic rings. The van der Waals surface area contributed by atoms with Gasteiger partial charge < -0.3 is 10.2 Å². The van der Waals surface area contributed by atoms with Crippen LogP contribution in [0.1, 0.15) is 24.9 Å². The van der Waals surface area contributed by atoms with Crippen LogP contribution in [0.3, 0.4) is 0 Å². The molecule has 0 radical (unpaired) electrons. The second-order valence-electron chi connectivity index (χ2n) is 4.90. The maximum absolute atomic E-state index is 3.61. The first-order valence-corrected chi connectivity index (χ1v) is 9.03. The standard InChI is InChI=1S/C15H23BrN2S/c1-2-17-15(13-3-5-14(16)6-4-13)7-8-18-9-11-19-12-10-18/h3-6,15,17H,2,7-12H2,1H3. The Morgan fingerprint density at radius 1 is 1.26 bits per heavy atom. The molecule has 1 atom stereocenters. The Kier molecular flexibility index (Phi) is 6.71. The highest BCUT2D eigenvalue weighted by Gasteiger charge is 2.14. The molecule has 0 saturated carbocycles. The summed E-state index contributed by atoms with van der Waals surface area (Å²) in [6, 6.07) is 9.20. The molecule has 19 heavy (non-hydrogen) atoms. The second-order valence-corrected chi connectivity index (χ2v) is 7.04. The SMILES string of the molecule is CCNC(CCN1CCSCC1)c1ccc(Br)cc1. The topological polar surface area (TPSA) is 15.3 Å². The van der Waals surface area contributed by atoms with Gasteiger partial charge in [-0.15, -0.1) is 0 Å². The number of rotatable bonds is 6. The Labute approximate surface area is 129 Å². The Hall–Kier alpha value is -0.0300. The molecule has 4 heteroatoms. The van der Waals surface area contributed by atoms with Crippen molar-refractivity contribution in [2.45, 2.75) is 19.4 Å². The molecule has 0 amide bonds. The van der Waals surface area contributed by atoms with Crippen LogP contribution in [0, 0.1) is 0 Å². The summed E-state index contributed by atoms with van der Waals surface area (Å²) in [5.74, 6) is 2.59. The van der Waals surface area contributed by atoms with E-state index in [2.05, 4.69) is 69.1 Å². The van der Waals surface area contributed by atoms with Gasteiger partial charge in [0.15, 0.2) is 0 Å². The van der Waals surface area contributed by atoms with Crippen LogP contribution in [0.2, 0.25) is 0 Å². The number of thioether (sulfide) groups is 1. The number of halogens is 1. The third kappa shape index (κ3) is 5.10. The monoisotopic (exact) mass is 342 g/mol. The molecule has 106 valence electrons. The van der Waals surface area contributed by atoms with Crippen molar-refractivity contribution in [1.29, 1.82) is 0 Å². The van der Waals surface area contributed by atoms with Crippen LogP contribution >= 0.6 is 27.7 Å². The van der Waals surface area contributed by atoms with Gasteiger partial charge in [0.05, 0.1) is 0 Å². The van der Waals surface area contributed by atoms with Crippen LogP contribution in [0.25, 0.3) is 0 Å². The molecule has 0 spiro atoms. The van der Waals surface area contributed by atoms with Crippen molar-refractivity contribution in [1.82, 2.24) is 10.2 Å². The van der Waals surface area contributed by atoms with Gasteiger partial charge in [-0.2, -0.15) is 11.8 Å². The van der Waals surface area contributed by atoms with Gasteiger partial charge in [-0.05, 0) is 30.7 Å². The number of benzene rings is 1. The van der Waals surface area contributed by atoms with E-state index in [0.29, 0.717) is 6.04 Å². The molecule has 1 unspecified atom stereocenters. The van der Waals surface area contributed by atoms with E-state index in [1.807, 2.05) is 0 Å². The molecule has 0 aliphatic carbocycles. The fourth-order valence-corrected chi connectivity index (χ4v) is 3.71. The summed E-state index contributed by atoms with van der Waals surface area (Å²) in [7, 11) is 0. The highest BCUT2D eigenvalue weighted by Crippen LogP contribution is 2.20. The summed E-state index contributed by atoms with van der Waals surface area (Å²) in [5, 5.41) is 3.61. The highest BCUT2D eigenvalue weighted by molar-refractivity contribution is 9.10. The molecule has 1 aliphatic heterocycles. The van der Waals surface area contributed by atoms with Crippen molar-refractivity contribution < 1.29 is 0 Å². The zero-order valence-electron chi connectivity index (χ0n) is 11.6. The minimum Gasteiger partial charge on any atom is -0.310 e. The van der Waals surface area contributed by atoms with Crippen LogP contribution in [0.15, 0.2) is 28.7 Å². The normalized spacial score (nSPS) is 18.4. The van der Waals surface area contributed by atoms with Crippen LogP contribution in [0.4, 0.5) is 0 Å². The third-order valence-corrected chi connectivity index (χ3v) is 5.03. The molecule has 0 aromatic heterocycles. The van der Waals surface area contributed by atoms with E-state index in [1.165, 1.54) is 43.1 Å². The van der Waals surface area contributed by atoms with Gasteiger partial charge in [0.2, 0.25) is 0 Å². The summed E-state index contributed by atoms with van der Waals surface area (Å²) in [6.45, 7) is 6.92. The Balaban J connectivity index is 1.89. The van der Waals surface area contributed by atoms with Crippen molar-refractivity contribution in [2.75, 3.05) is 37.7 Å². The van der Waals surface area contributed by atoms with E-state index in [1.54, 1.807) is 0 Å². The first-order valence-electron chi connectivity index (χ1n) is 7.08. The molecule has 1 N–H and O–H groups in total. The van der Waals surface area contributed by atoms with Crippen LogP contribution in [-0.4, -0.2) is 42.6 Å². The Morgan fingerprint density at radius 2 is 1.95 bits per heavy atom.